The number of carbonyl (C=O) groups excluding carboxylic acids is 5. The zero-order chi connectivity index (χ0) is 49.8. The standard InChI is InChI=1S/C53H66N4O12/c1-11-42-53(8)46(55-51(62)68-53)32(4)43(58)30(2)28-52(7,63-24-18-17-22-38-27-40(56-69-38)37-26-36-21-15-16-23-39(36)54-29-37)47(33(5)44(59)34(6)48(60)65-42)67-50-45(41(57(9)10)25-31(3)64-50)66-49(61)35-19-13-12-14-20-35/h12-16,19-21,23,26,29-34,38,41-42,45-47,50H,11,22,24-25,27-28H2,1-10H3,(H,55,62)/t30-,31-,32+,33+,34-,38+,41+,42-,45-,46-,47-,50+,52-,53-/m1/s1. The molecule has 3 fully saturated rings. The van der Waals surface area contributed by atoms with Crippen molar-refractivity contribution in [2.45, 2.75) is 148 Å². The maximum absolute atomic E-state index is 14.8. The molecule has 0 unspecified atom stereocenters. The van der Waals surface area contributed by atoms with E-state index in [-0.39, 0.29) is 43.5 Å². The molecule has 3 aromatic rings. The van der Waals surface area contributed by atoms with Crippen molar-refractivity contribution in [3.63, 3.8) is 0 Å². The lowest BCUT2D eigenvalue weighted by atomic mass is 9.73. The van der Waals surface area contributed by atoms with Crippen molar-refractivity contribution in [1.29, 1.82) is 0 Å². The summed E-state index contributed by atoms with van der Waals surface area (Å²) in [5, 5.41) is 8.15. The molecule has 2 aromatic carbocycles. The number of fused-ring (bicyclic) bond motifs is 2. The highest BCUT2D eigenvalue weighted by Gasteiger charge is 2.57. The number of hydrogen-bond acceptors (Lipinski definition) is 15. The molecule has 3 saturated heterocycles. The number of carbonyl (C=O) groups is 5. The van der Waals surface area contributed by atoms with Crippen LogP contribution in [0.15, 0.2) is 72.0 Å². The lowest BCUT2D eigenvalue weighted by molar-refractivity contribution is -0.295. The number of ketones is 2. The second kappa shape index (κ2) is 21.5. The summed E-state index contributed by atoms with van der Waals surface area (Å²) in [5.41, 5.74) is -0.0711. The molecule has 0 aliphatic carbocycles. The average molecular weight is 951 g/mol. The molecule has 0 bridgehead atoms. The van der Waals surface area contributed by atoms with Gasteiger partial charge in [-0.2, -0.15) is 0 Å². The van der Waals surface area contributed by atoms with Gasteiger partial charge in [-0.1, -0.05) is 81.1 Å². The third kappa shape index (κ3) is 11.2. The molecule has 4 aliphatic heterocycles. The summed E-state index contributed by atoms with van der Waals surface area (Å²) in [6, 6.07) is 17.2. The van der Waals surface area contributed by atoms with Gasteiger partial charge in [0.1, 0.15) is 30.5 Å². The SMILES string of the molecule is CC[C@H]1OC(=O)[C@H](C)C(=O)[C@H](C)[C@@H](O[C@@H]2O[C@H](C)C[C@H](N(C)C)[C@H]2OC(=O)c2ccccc2)[C@](C)(OCC#CC[C@H]2CC(c3cnc4ccccc4c3)=NO2)C[C@@H](C)C(=O)[C@H](C)[C@H]2NC(=O)O[C@@]21C. The number of alkyl carbamates (subject to hydrolysis) is 1. The Balaban J connectivity index is 1.21. The van der Waals surface area contributed by atoms with Gasteiger partial charge in [0.2, 0.25) is 0 Å². The molecule has 1 amide bonds. The third-order valence-electron chi connectivity index (χ3n) is 14.3. The lowest BCUT2D eigenvalue weighted by Crippen LogP contribution is -2.61. The number of benzene rings is 2. The van der Waals surface area contributed by atoms with Crippen molar-refractivity contribution in [2.75, 3.05) is 20.7 Å². The summed E-state index contributed by atoms with van der Waals surface area (Å²) >= 11 is 0. The smallest absolute Gasteiger partial charge is 0.408 e. The van der Waals surface area contributed by atoms with Gasteiger partial charge in [-0.05, 0) is 85.3 Å². The van der Waals surface area contributed by atoms with Crippen molar-refractivity contribution >= 4 is 46.2 Å². The second-order valence-electron chi connectivity index (χ2n) is 19.7. The number of aromatic nitrogens is 1. The molecule has 69 heavy (non-hydrogen) atoms. The van der Waals surface area contributed by atoms with E-state index < -0.39 is 89.3 Å². The number of amides is 1. The molecule has 370 valence electrons. The maximum Gasteiger partial charge on any atom is 0.408 e. The van der Waals surface area contributed by atoms with Crippen molar-refractivity contribution < 1.29 is 57.2 Å². The minimum Gasteiger partial charge on any atom is -0.458 e. The van der Waals surface area contributed by atoms with E-state index in [0.717, 1.165) is 22.2 Å². The highest BCUT2D eigenvalue weighted by atomic mass is 16.7. The van der Waals surface area contributed by atoms with Gasteiger partial charge < -0.3 is 43.5 Å². The van der Waals surface area contributed by atoms with Gasteiger partial charge in [-0.25, -0.2) is 9.59 Å². The van der Waals surface area contributed by atoms with Gasteiger partial charge in [0.15, 0.2) is 23.8 Å². The average Bonchev–Trinajstić information content (AvgIpc) is 3.94. The van der Waals surface area contributed by atoms with E-state index in [9.17, 15) is 24.0 Å². The van der Waals surface area contributed by atoms with E-state index >= 15 is 0 Å². The molecule has 1 aromatic heterocycles. The van der Waals surface area contributed by atoms with E-state index in [2.05, 4.69) is 27.3 Å². The Hall–Kier alpha value is -5.73. The van der Waals surface area contributed by atoms with Crippen LogP contribution in [0.2, 0.25) is 0 Å². The lowest BCUT2D eigenvalue weighted by Gasteiger charge is -2.48. The van der Waals surface area contributed by atoms with Gasteiger partial charge in [0.25, 0.3) is 0 Å². The number of para-hydroxylation sites is 1. The van der Waals surface area contributed by atoms with Gasteiger partial charge >= 0.3 is 18.0 Å². The van der Waals surface area contributed by atoms with E-state index in [4.69, 9.17) is 33.3 Å². The Kier molecular flexibility index (Phi) is 15.9. The molecule has 5 heterocycles. The van der Waals surface area contributed by atoms with Crippen LogP contribution in [0.5, 0.6) is 0 Å². The molecule has 7 rings (SSSR count). The predicted octanol–water partition coefficient (Wildman–Crippen LogP) is 6.85. The van der Waals surface area contributed by atoms with Crippen LogP contribution in [0.4, 0.5) is 4.79 Å². The predicted molar refractivity (Wildman–Crippen MR) is 255 cm³/mol. The number of rotatable bonds is 10. The molecule has 14 atom stereocenters. The minimum atomic E-state index is -1.49. The first-order valence-corrected chi connectivity index (χ1v) is 24.0. The fourth-order valence-electron chi connectivity index (χ4n) is 10.4. The Bertz CT molecular complexity index is 2470. The van der Waals surface area contributed by atoms with Gasteiger partial charge in [-0.15, -0.1) is 0 Å². The summed E-state index contributed by atoms with van der Waals surface area (Å²) in [4.78, 5) is 82.6. The Morgan fingerprint density at radius 1 is 0.942 bits per heavy atom. The summed E-state index contributed by atoms with van der Waals surface area (Å²) in [7, 11) is 3.75. The number of cyclic esters (lactones) is 1. The van der Waals surface area contributed by atoms with Crippen LogP contribution in [0.1, 0.15) is 103 Å². The van der Waals surface area contributed by atoms with Crippen LogP contribution in [0.25, 0.3) is 10.9 Å². The van der Waals surface area contributed by atoms with Crippen molar-refractivity contribution in [3.05, 3.63) is 78.0 Å². The third-order valence-corrected chi connectivity index (χ3v) is 14.3. The second-order valence-corrected chi connectivity index (χ2v) is 19.7. The van der Waals surface area contributed by atoms with Crippen molar-refractivity contribution in [1.82, 2.24) is 15.2 Å². The molecular weight excluding hydrogens is 885 g/mol. The van der Waals surface area contributed by atoms with Gasteiger partial charge in [-0.3, -0.25) is 19.4 Å². The number of likely N-dealkylation sites (N-methyl/N-ethyl adjacent to an activating group) is 1. The zero-order valence-corrected chi connectivity index (χ0v) is 41.3. The van der Waals surface area contributed by atoms with E-state index in [0.29, 0.717) is 24.8 Å². The quantitative estimate of drug-likeness (QED) is 0.0961. The number of nitrogens with one attached hydrogen (secondary N) is 1. The fourth-order valence-corrected chi connectivity index (χ4v) is 10.4. The largest absolute Gasteiger partial charge is 0.458 e. The van der Waals surface area contributed by atoms with Crippen LogP contribution in [0, 0.1) is 35.5 Å². The minimum absolute atomic E-state index is 0.00495. The molecule has 1 N–H and O–H groups in total. The van der Waals surface area contributed by atoms with Gasteiger partial charge in [0, 0.05) is 47.7 Å². The van der Waals surface area contributed by atoms with E-state index in [1.807, 2.05) is 56.3 Å². The maximum atomic E-state index is 14.8. The highest BCUT2D eigenvalue weighted by molar-refractivity contribution is 6.03. The van der Waals surface area contributed by atoms with Crippen LogP contribution in [0.3, 0.4) is 0 Å². The molecule has 0 saturated carbocycles. The number of Topliss-reactive ketones (excluding diaryl/α,β-unsaturated/α-hetero) is 2. The number of esters is 2. The topological polar surface area (TPSA) is 190 Å². The Morgan fingerprint density at radius 3 is 2.39 bits per heavy atom. The van der Waals surface area contributed by atoms with Crippen LogP contribution >= 0.6 is 0 Å². The van der Waals surface area contributed by atoms with Crippen LogP contribution < -0.4 is 5.32 Å². The van der Waals surface area contributed by atoms with Gasteiger partial charge in [0.05, 0.1) is 46.7 Å². The summed E-state index contributed by atoms with van der Waals surface area (Å²) in [6.45, 7) is 13.5. The zero-order valence-electron chi connectivity index (χ0n) is 41.3. The first-order chi connectivity index (χ1) is 32.8. The van der Waals surface area contributed by atoms with Crippen molar-refractivity contribution in [2.24, 2.45) is 28.8 Å². The molecular formula is C53H66N4O12. The highest BCUT2D eigenvalue weighted by Crippen LogP contribution is 2.41. The fraction of sp³-hybridized carbons (Fsp3) is 0.566. The summed E-state index contributed by atoms with van der Waals surface area (Å²) in [5.74, 6) is 0.114. The number of oxime groups is 1. The number of nitrogens with zero attached hydrogens (tertiary/aromatic N) is 3. The molecule has 4 aliphatic rings. The first-order valence-electron chi connectivity index (χ1n) is 24.0. The van der Waals surface area contributed by atoms with E-state index in [1.54, 1.807) is 78.1 Å². The number of hydrogen-bond donors (Lipinski definition) is 1. The summed E-state index contributed by atoms with van der Waals surface area (Å²) in [6.07, 6.45) is -2.53. The van der Waals surface area contributed by atoms with Crippen LogP contribution in [-0.2, 0) is 47.6 Å². The number of ether oxygens (including phenoxy) is 6. The Labute approximate surface area is 404 Å². The summed E-state index contributed by atoms with van der Waals surface area (Å²) < 4.78 is 38.5. The normalized spacial score (nSPS) is 34.3. The monoisotopic (exact) mass is 950 g/mol. The molecule has 0 radical (unpaired) electrons. The van der Waals surface area contributed by atoms with Crippen LogP contribution in [-0.4, -0.2) is 126 Å². The van der Waals surface area contributed by atoms with E-state index in [1.165, 1.54) is 6.92 Å². The molecule has 16 nitrogen and oxygen atoms in total. The first kappa shape index (κ1) is 51.1. The Morgan fingerprint density at radius 2 is 1.67 bits per heavy atom. The molecule has 0 spiro atoms. The molecule has 16 heteroatoms. The number of pyridine rings is 1. The van der Waals surface area contributed by atoms with Crippen molar-refractivity contribution in [3.8, 4) is 11.8 Å².